The number of hydrogen-bond donors (Lipinski definition) is 0. The second kappa shape index (κ2) is 5.29. The normalized spacial score (nSPS) is 24.3. The Hall–Kier alpha value is -0.490. The van der Waals surface area contributed by atoms with Gasteiger partial charge in [0.2, 0.25) is 0 Å². The van der Waals surface area contributed by atoms with E-state index in [1.165, 1.54) is 31.3 Å². The van der Waals surface area contributed by atoms with Crippen molar-refractivity contribution in [2.45, 2.75) is 32.6 Å². The van der Waals surface area contributed by atoms with Crippen LogP contribution < -0.4 is 0 Å². The van der Waals surface area contributed by atoms with Gasteiger partial charge in [0.25, 0.3) is 0 Å². The van der Waals surface area contributed by atoms with E-state index in [2.05, 4.69) is 19.6 Å². The summed E-state index contributed by atoms with van der Waals surface area (Å²) in [5.74, 6) is 0.888. The van der Waals surface area contributed by atoms with Crippen molar-refractivity contribution in [3.8, 4) is 0 Å². The van der Waals surface area contributed by atoms with Crippen molar-refractivity contribution in [2.24, 2.45) is 5.92 Å². The summed E-state index contributed by atoms with van der Waals surface area (Å²) in [5.41, 5.74) is 1.49. The number of hydrogen-bond acceptors (Lipinski definition) is 0. The maximum atomic E-state index is 5.96. The van der Waals surface area contributed by atoms with Crippen LogP contribution in [0.5, 0.6) is 0 Å². The van der Waals surface area contributed by atoms with Crippen LogP contribution in [-0.2, 0) is 0 Å². The van der Waals surface area contributed by atoms with Crippen molar-refractivity contribution in [1.29, 1.82) is 0 Å². The zero-order valence-corrected chi connectivity index (χ0v) is 8.98. The molecule has 1 rings (SSSR count). The summed E-state index contributed by atoms with van der Waals surface area (Å²) in [7, 11) is 0. The molecule has 0 aromatic heterocycles. The molecule has 1 aliphatic carbocycles. The fourth-order valence-corrected chi connectivity index (χ4v) is 1.88. The van der Waals surface area contributed by atoms with E-state index in [9.17, 15) is 0 Å². The first-order valence-corrected chi connectivity index (χ1v) is 5.28. The highest BCUT2D eigenvalue weighted by atomic mass is 35.5. The molecule has 0 bridgehead atoms. The summed E-state index contributed by atoms with van der Waals surface area (Å²) in [4.78, 5) is 0. The molecule has 1 heteroatoms. The zero-order valence-electron chi connectivity index (χ0n) is 8.22. The lowest BCUT2D eigenvalue weighted by Gasteiger charge is -2.19. The topological polar surface area (TPSA) is 0 Å². The van der Waals surface area contributed by atoms with Crippen molar-refractivity contribution in [2.75, 3.05) is 0 Å². The Bertz CT molecular complexity index is 226. The Kier molecular flexibility index (Phi) is 4.31. The summed E-state index contributed by atoms with van der Waals surface area (Å²) >= 11 is 5.96. The highest BCUT2D eigenvalue weighted by Crippen LogP contribution is 2.28. The molecule has 0 heterocycles. The third kappa shape index (κ3) is 3.82. The van der Waals surface area contributed by atoms with Crippen molar-refractivity contribution in [3.05, 3.63) is 35.4 Å². The largest absolute Gasteiger partial charge is 0.0990 e. The van der Waals surface area contributed by atoms with Crippen LogP contribution in [0, 0.1) is 5.92 Å². The number of allylic oxidation sites excluding steroid dienone is 5. The standard InChI is InChI=1S/C12H17Cl/c1-3-4-12(13)9-11-7-5-10(2)6-8-11/h3-4,9-10H,1,5-8H2,2H3/b11-9?,12-4+. The molecule has 72 valence electrons. The van der Waals surface area contributed by atoms with Crippen molar-refractivity contribution in [3.63, 3.8) is 0 Å². The number of halogens is 1. The van der Waals surface area contributed by atoms with Gasteiger partial charge in [0.15, 0.2) is 0 Å². The first-order valence-electron chi connectivity index (χ1n) is 4.90. The van der Waals surface area contributed by atoms with Gasteiger partial charge in [-0.25, -0.2) is 0 Å². The van der Waals surface area contributed by atoms with E-state index in [0.29, 0.717) is 0 Å². The van der Waals surface area contributed by atoms with Gasteiger partial charge in [-0.15, -0.1) is 0 Å². The van der Waals surface area contributed by atoms with Crippen LogP contribution >= 0.6 is 11.6 Å². The quantitative estimate of drug-likeness (QED) is 0.574. The van der Waals surface area contributed by atoms with Crippen LogP contribution in [0.4, 0.5) is 0 Å². The van der Waals surface area contributed by atoms with Gasteiger partial charge in [0, 0.05) is 5.03 Å². The van der Waals surface area contributed by atoms with E-state index >= 15 is 0 Å². The molecule has 0 N–H and O–H groups in total. The minimum atomic E-state index is 0.805. The third-order valence-electron chi connectivity index (χ3n) is 2.54. The minimum absolute atomic E-state index is 0.805. The van der Waals surface area contributed by atoms with Crippen LogP contribution in [0.25, 0.3) is 0 Å². The monoisotopic (exact) mass is 196 g/mol. The molecular weight excluding hydrogens is 180 g/mol. The Morgan fingerprint density at radius 3 is 2.62 bits per heavy atom. The maximum Gasteiger partial charge on any atom is 0.0405 e. The Morgan fingerprint density at radius 2 is 2.08 bits per heavy atom. The van der Waals surface area contributed by atoms with E-state index in [0.717, 1.165) is 11.0 Å². The van der Waals surface area contributed by atoms with Crippen LogP contribution in [0.2, 0.25) is 0 Å². The van der Waals surface area contributed by atoms with E-state index in [1.54, 1.807) is 6.08 Å². The van der Waals surface area contributed by atoms with Gasteiger partial charge in [-0.1, -0.05) is 36.8 Å². The minimum Gasteiger partial charge on any atom is -0.0990 e. The second-order valence-electron chi connectivity index (χ2n) is 3.77. The maximum absolute atomic E-state index is 5.96. The molecule has 0 amide bonds. The molecular formula is C12H17Cl. The summed E-state index contributed by atoms with van der Waals surface area (Å²) < 4.78 is 0. The summed E-state index contributed by atoms with van der Waals surface area (Å²) in [5, 5.41) is 0.805. The molecule has 0 aromatic rings. The lowest BCUT2D eigenvalue weighted by molar-refractivity contribution is 0.444. The summed E-state index contributed by atoms with van der Waals surface area (Å²) in [6.45, 7) is 5.93. The highest BCUT2D eigenvalue weighted by molar-refractivity contribution is 6.31. The van der Waals surface area contributed by atoms with Gasteiger partial charge in [-0.05, 0) is 43.8 Å². The van der Waals surface area contributed by atoms with Crippen LogP contribution in [0.3, 0.4) is 0 Å². The molecule has 1 fully saturated rings. The highest BCUT2D eigenvalue weighted by Gasteiger charge is 2.11. The Morgan fingerprint density at radius 1 is 1.46 bits per heavy atom. The van der Waals surface area contributed by atoms with Crippen molar-refractivity contribution in [1.82, 2.24) is 0 Å². The molecule has 0 nitrogen and oxygen atoms in total. The van der Waals surface area contributed by atoms with E-state index in [1.807, 2.05) is 6.08 Å². The Balaban J connectivity index is 2.52. The molecule has 0 radical (unpaired) electrons. The second-order valence-corrected chi connectivity index (χ2v) is 4.21. The first-order chi connectivity index (χ1) is 6.22. The zero-order chi connectivity index (χ0) is 9.68. The van der Waals surface area contributed by atoms with Crippen LogP contribution in [-0.4, -0.2) is 0 Å². The summed E-state index contributed by atoms with van der Waals surface area (Å²) in [6.07, 6.45) is 10.7. The fourth-order valence-electron chi connectivity index (χ4n) is 1.63. The predicted molar refractivity (Wildman–Crippen MR) is 59.8 cm³/mol. The van der Waals surface area contributed by atoms with E-state index < -0.39 is 0 Å². The molecule has 0 spiro atoms. The van der Waals surface area contributed by atoms with E-state index in [4.69, 9.17) is 11.6 Å². The van der Waals surface area contributed by atoms with Crippen molar-refractivity contribution >= 4 is 11.6 Å². The van der Waals surface area contributed by atoms with Gasteiger partial charge >= 0.3 is 0 Å². The van der Waals surface area contributed by atoms with E-state index in [-0.39, 0.29) is 0 Å². The first kappa shape index (κ1) is 10.6. The van der Waals surface area contributed by atoms with Gasteiger partial charge in [-0.3, -0.25) is 0 Å². The van der Waals surface area contributed by atoms with Gasteiger partial charge < -0.3 is 0 Å². The predicted octanol–water partition coefficient (Wildman–Crippen LogP) is 4.43. The van der Waals surface area contributed by atoms with Crippen molar-refractivity contribution < 1.29 is 0 Å². The lowest BCUT2D eigenvalue weighted by Crippen LogP contribution is -2.03. The molecule has 13 heavy (non-hydrogen) atoms. The average molecular weight is 197 g/mol. The fraction of sp³-hybridized carbons (Fsp3) is 0.500. The number of rotatable bonds is 2. The SMILES string of the molecule is C=C/C=C(/Cl)C=C1CCC(C)CC1. The molecule has 0 aliphatic heterocycles. The summed E-state index contributed by atoms with van der Waals surface area (Å²) in [6, 6.07) is 0. The van der Waals surface area contributed by atoms with Gasteiger partial charge in [0.05, 0.1) is 0 Å². The average Bonchev–Trinajstić information content (AvgIpc) is 2.09. The van der Waals surface area contributed by atoms with Crippen LogP contribution in [0.1, 0.15) is 32.6 Å². The molecule has 1 aliphatic rings. The van der Waals surface area contributed by atoms with Gasteiger partial charge in [0.1, 0.15) is 0 Å². The molecule has 0 unspecified atom stereocenters. The molecule has 1 saturated carbocycles. The lowest BCUT2D eigenvalue weighted by atomic mass is 9.87. The van der Waals surface area contributed by atoms with Crippen LogP contribution in [0.15, 0.2) is 35.4 Å². The molecule has 0 aromatic carbocycles. The van der Waals surface area contributed by atoms with Gasteiger partial charge in [-0.2, -0.15) is 0 Å². The molecule has 0 atom stereocenters. The third-order valence-corrected chi connectivity index (χ3v) is 2.77. The Labute approximate surface area is 86.0 Å². The molecule has 0 saturated heterocycles. The smallest absolute Gasteiger partial charge is 0.0405 e.